The maximum Gasteiger partial charge on any atom is 0.261 e. The molecule has 0 unspecified atom stereocenters. The Morgan fingerprint density at radius 1 is 0.935 bits per heavy atom. The zero-order valence-corrected chi connectivity index (χ0v) is 18.8. The standard InChI is InChI=1S/C24H26N2O4S/c1-16-5-13-22(14-6-16)31(28,29)26-23-15-20(8-7-17(23)2)24(27)25-18(3)19-9-11-21(30-4)12-10-19/h5-15,18,26H,1-4H3,(H,25,27)/t18-/m1/s1. The summed E-state index contributed by atoms with van der Waals surface area (Å²) in [4.78, 5) is 12.9. The first-order chi connectivity index (χ1) is 14.7. The van der Waals surface area contributed by atoms with Crippen molar-refractivity contribution in [3.05, 3.63) is 89.0 Å². The van der Waals surface area contributed by atoms with E-state index in [1.165, 1.54) is 0 Å². The minimum absolute atomic E-state index is 0.167. The van der Waals surface area contributed by atoms with Crippen LogP contribution in [0, 0.1) is 13.8 Å². The molecular formula is C24H26N2O4S. The molecular weight excluding hydrogens is 412 g/mol. The van der Waals surface area contributed by atoms with Crippen LogP contribution in [-0.2, 0) is 10.0 Å². The topological polar surface area (TPSA) is 84.5 Å². The molecule has 0 saturated heterocycles. The second-order valence-corrected chi connectivity index (χ2v) is 9.10. The van der Waals surface area contributed by atoms with Gasteiger partial charge in [-0.25, -0.2) is 8.42 Å². The molecule has 0 fully saturated rings. The maximum absolute atomic E-state index is 12.8. The number of benzene rings is 3. The summed E-state index contributed by atoms with van der Waals surface area (Å²) in [5.41, 5.74) is 3.36. The van der Waals surface area contributed by atoms with Crippen LogP contribution in [0.15, 0.2) is 71.6 Å². The van der Waals surface area contributed by atoms with Gasteiger partial charge in [-0.3, -0.25) is 9.52 Å². The number of ether oxygens (including phenoxy) is 1. The van der Waals surface area contributed by atoms with Crippen molar-refractivity contribution in [1.82, 2.24) is 5.32 Å². The molecule has 6 nitrogen and oxygen atoms in total. The van der Waals surface area contributed by atoms with Crippen molar-refractivity contribution in [1.29, 1.82) is 0 Å². The molecule has 0 spiro atoms. The van der Waals surface area contributed by atoms with Crippen molar-refractivity contribution >= 4 is 21.6 Å². The van der Waals surface area contributed by atoms with Gasteiger partial charge in [-0.15, -0.1) is 0 Å². The van der Waals surface area contributed by atoms with Gasteiger partial charge in [-0.2, -0.15) is 0 Å². The van der Waals surface area contributed by atoms with Gasteiger partial charge in [-0.1, -0.05) is 35.9 Å². The molecule has 0 aromatic heterocycles. The maximum atomic E-state index is 12.8. The quantitative estimate of drug-likeness (QED) is 0.564. The normalized spacial score (nSPS) is 12.1. The third-order valence-corrected chi connectivity index (χ3v) is 6.42. The van der Waals surface area contributed by atoms with Crippen molar-refractivity contribution < 1.29 is 17.9 Å². The smallest absolute Gasteiger partial charge is 0.261 e. The number of hydrogen-bond donors (Lipinski definition) is 2. The summed E-state index contributed by atoms with van der Waals surface area (Å²) in [5, 5.41) is 2.94. The Bertz CT molecular complexity index is 1170. The first-order valence-corrected chi connectivity index (χ1v) is 11.3. The fourth-order valence-electron chi connectivity index (χ4n) is 3.05. The molecule has 0 aliphatic carbocycles. The molecule has 0 radical (unpaired) electrons. The number of hydrogen-bond acceptors (Lipinski definition) is 4. The molecule has 7 heteroatoms. The molecule has 3 aromatic rings. The van der Waals surface area contributed by atoms with Crippen LogP contribution < -0.4 is 14.8 Å². The lowest BCUT2D eigenvalue weighted by molar-refractivity contribution is 0.0940. The zero-order valence-electron chi connectivity index (χ0n) is 18.0. The van der Waals surface area contributed by atoms with Crippen LogP contribution in [0.25, 0.3) is 0 Å². The molecule has 0 saturated carbocycles. The van der Waals surface area contributed by atoms with Gasteiger partial charge < -0.3 is 10.1 Å². The van der Waals surface area contributed by atoms with Crippen LogP contribution in [-0.4, -0.2) is 21.4 Å². The van der Waals surface area contributed by atoms with Crippen LogP contribution in [0.4, 0.5) is 5.69 Å². The molecule has 0 aliphatic rings. The predicted molar refractivity (Wildman–Crippen MR) is 122 cm³/mol. The second kappa shape index (κ2) is 9.22. The number of amides is 1. The number of methoxy groups -OCH3 is 1. The Kier molecular flexibility index (Phi) is 6.65. The number of aryl methyl sites for hydroxylation is 2. The molecule has 1 atom stereocenters. The molecule has 2 N–H and O–H groups in total. The van der Waals surface area contributed by atoms with Gasteiger partial charge in [0.15, 0.2) is 0 Å². The minimum atomic E-state index is -3.76. The molecule has 0 bridgehead atoms. The van der Waals surface area contributed by atoms with Crippen LogP contribution in [0.2, 0.25) is 0 Å². The van der Waals surface area contributed by atoms with Gasteiger partial charge in [0.1, 0.15) is 5.75 Å². The van der Waals surface area contributed by atoms with Crippen molar-refractivity contribution in [3.8, 4) is 5.75 Å². The highest BCUT2D eigenvalue weighted by atomic mass is 32.2. The van der Waals surface area contributed by atoms with Crippen LogP contribution in [0.5, 0.6) is 5.75 Å². The van der Waals surface area contributed by atoms with Gasteiger partial charge in [0.2, 0.25) is 0 Å². The van der Waals surface area contributed by atoms with E-state index >= 15 is 0 Å². The summed E-state index contributed by atoms with van der Waals surface area (Å²) in [7, 11) is -2.16. The predicted octanol–water partition coefficient (Wildman–Crippen LogP) is 4.60. The van der Waals surface area contributed by atoms with Crippen molar-refractivity contribution in [2.45, 2.75) is 31.7 Å². The van der Waals surface area contributed by atoms with E-state index in [4.69, 9.17) is 4.74 Å². The van der Waals surface area contributed by atoms with Gasteiger partial charge >= 0.3 is 0 Å². The van der Waals surface area contributed by atoms with E-state index in [-0.39, 0.29) is 16.8 Å². The summed E-state index contributed by atoms with van der Waals surface area (Å²) in [6.45, 7) is 5.56. The molecule has 162 valence electrons. The van der Waals surface area contributed by atoms with Gasteiger partial charge in [0.05, 0.1) is 23.7 Å². The Balaban J connectivity index is 1.77. The minimum Gasteiger partial charge on any atom is -0.497 e. The fourth-order valence-corrected chi connectivity index (χ4v) is 4.17. The van der Waals surface area contributed by atoms with Gasteiger partial charge in [0, 0.05) is 5.56 Å². The summed E-state index contributed by atoms with van der Waals surface area (Å²) < 4.78 is 33.2. The molecule has 0 heterocycles. The third kappa shape index (κ3) is 5.44. The van der Waals surface area contributed by atoms with Crippen molar-refractivity contribution in [2.75, 3.05) is 11.8 Å². The molecule has 3 rings (SSSR count). The second-order valence-electron chi connectivity index (χ2n) is 7.42. The third-order valence-electron chi connectivity index (χ3n) is 5.04. The first kappa shape index (κ1) is 22.4. The monoisotopic (exact) mass is 438 g/mol. The Labute approximate surface area is 183 Å². The average molecular weight is 439 g/mol. The number of rotatable bonds is 7. The van der Waals surface area contributed by atoms with E-state index in [0.717, 1.165) is 22.4 Å². The molecule has 1 amide bonds. The highest BCUT2D eigenvalue weighted by Crippen LogP contribution is 2.23. The van der Waals surface area contributed by atoms with E-state index in [0.29, 0.717) is 11.3 Å². The lowest BCUT2D eigenvalue weighted by atomic mass is 10.1. The average Bonchev–Trinajstić information content (AvgIpc) is 2.75. The Morgan fingerprint density at radius 3 is 2.19 bits per heavy atom. The van der Waals surface area contributed by atoms with Crippen molar-refractivity contribution in [2.24, 2.45) is 0 Å². The SMILES string of the molecule is COc1ccc([C@@H](C)NC(=O)c2ccc(C)c(NS(=O)(=O)c3ccc(C)cc3)c2)cc1. The van der Waals surface area contributed by atoms with E-state index < -0.39 is 10.0 Å². The molecule has 0 aliphatic heterocycles. The largest absolute Gasteiger partial charge is 0.497 e. The van der Waals surface area contributed by atoms with E-state index in [1.54, 1.807) is 56.5 Å². The molecule has 3 aromatic carbocycles. The van der Waals surface area contributed by atoms with E-state index in [1.807, 2.05) is 38.1 Å². The van der Waals surface area contributed by atoms with Crippen molar-refractivity contribution in [3.63, 3.8) is 0 Å². The number of nitrogens with one attached hydrogen (secondary N) is 2. The Hall–Kier alpha value is -3.32. The highest BCUT2D eigenvalue weighted by molar-refractivity contribution is 7.92. The number of carbonyl (C=O) groups excluding carboxylic acids is 1. The van der Waals surface area contributed by atoms with Gasteiger partial charge in [-0.05, 0) is 68.3 Å². The zero-order chi connectivity index (χ0) is 22.6. The number of anilines is 1. The Morgan fingerprint density at radius 2 is 1.58 bits per heavy atom. The number of carbonyl (C=O) groups is 1. The summed E-state index contributed by atoms with van der Waals surface area (Å²) in [6.07, 6.45) is 0. The summed E-state index contributed by atoms with van der Waals surface area (Å²) in [6, 6.07) is 18.8. The summed E-state index contributed by atoms with van der Waals surface area (Å²) >= 11 is 0. The molecule has 31 heavy (non-hydrogen) atoms. The van der Waals surface area contributed by atoms with Crippen LogP contribution >= 0.6 is 0 Å². The van der Waals surface area contributed by atoms with Crippen LogP contribution in [0.1, 0.15) is 40.0 Å². The lowest BCUT2D eigenvalue weighted by Gasteiger charge is -2.16. The van der Waals surface area contributed by atoms with E-state index in [9.17, 15) is 13.2 Å². The van der Waals surface area contributed by atoms with Crippen LogP contribution in [0.3, 0.4) is 0 Å². The number of sulfonamides is 1. The first-order valence-electron chi connectivity index (χ1n) is 9.84. The summed E-state index contributed by atoms with van der Waals surface area (Å²) in [5.74, 6) is 0.449. The highest BCUT2D eigenvalue weighted by Gasteiger charge is 2.17. The van der Waals surface area contributed by atoms with Gasteiger partial charge in [0.25, 0.3) is 15.9 Å². The lowest BCUT2D eigenvalue weighted by Crippen LogP contribution is -2.26. The van der Waals surface area contributed by atoms with E-state index in [2.05, 4.69) is 10.0 Å². The fraction of sp³-hybridized carbons (Fsp3) is 0.208.